The number of rotatable bonds is 6. The molecule has 2 aliphatic carbocycles. The number of hydrogen-bond acceptors (Lipinski definition) is 4. The summed E-state index contributed by atoms with van der Waals surface area (Å²) in [6.45, 7) is 3.71. The summed E-state index contributed by atoms with van der Waals surface area (Å²) in [7, 11) is -3.05. The molecule has 2 aliphatic rings. The molecule has 0 saturated heterocycles. The smallest absolute Gasteiger partial charge is 0.308 e. The van der Waals surface area contributed by atoms with E-state index in [1.54, 1.807) is 13.8 Å². The number of carboxylic acid groups (broad SMARTS) is 1. The van der Waals surface area contributed by atoms with Crippen molar-refractivity contribution in [2.75, 3.05) is 12.3 Å². The van der Waals surface area contributed by atoms with Crippen LogP contribution in [0.4, 0.5) is 0 Å². The molecule has 0 amide bonds. The highest BCUT2D eigenvalue weighted by molar-refractivity contribution is 7.92. The molecular weight excluding hydrogens is 266 g/mol. The molecule has 0 aromatic heterocycles. The molecular formula is C13H23NO4S. The Bertz CT molecular complexity index is 446. The van der Waals surface area contributed by atoms with Gasteiger partial charge >= 0.3 is 5.97 Å². The topological polar surface area (TPSA) is 83.5 Å². The molecule has 110 valence electrons. The lowest BCUT2D eigenvalue weighted by Crippen LogP contribution is -2.46. The monoisotopic (exact) mass is 289 g/mol. The van der Waals surface area contributed by atoms with Crippen molar-refractivity contribution in [1.29, 1.82) is 0 Å². The SMILES string of the molecule is CC(C)S(=O)(=O)CCNC1C2CCC(C2)C1C(=O)O. The van der Waals surface area contributed by atoms with Crippen LogP contribution in [0.2, 0.25) is 0 Å². The maximum Gasteiger partial charge on any atom is 0.308 e. The normalized spacial score (nSPS) is 34.1. The number of sulfone groups is 1. The van der Waals surface area contributed by atoms with E-state index in [0.717, 1.165) is 19.3 Å². The van der Waals surface area contributed by atoms with Gasteiger partial charge in [-0.25, -0.2) is 8.42 Å². The molecule has 2 fully saturated rings. The molecule has 0 aromatic rings. The molecule has 0 aromatic carbocycles. The molecule has 4 unspecified atom stereocenters. The van der Waals surface area contributed by atoms with Gasteiger partial charge in [0, 0.05) is 12.6 Å². The first-order chi connectivity index (χ1) is 8.83. The minimum Gasteiger partial charge on any atom is -0.481 e. The third-order valence-corrected chi connectivity index (χ3v) is 6.90. The van der Waals surface area contributed by atoms with Gasteiger partial charge in [-0.3, -0.25) is 4.79 Å². The summed E-state index contributed by atoms with van der Waals surface area (Å²) in [6, 6.07) is -0.0430. The van der Waals surface area contributed by atoms with Crippen molar-refractivity contribution in [3.63, 3.8) is 0 Å². The van der Waals surface area contributed by atoms with Crippen molar-refractivity contribution in [3.05, 3.63) is 0 Å². The summed E-state index contributed by atoms with van der Waals surface area (Å²) in [5, 5.41) is 12.1. The van der Waals surface area contributed by atoms with Crippen molar-refractivity contribution < 1.29 is 18.3 Å². The summed E-state index contributed by atoms with van der Waals surface area (Å²) in [5.74, 6) is -0.295. The summed E-state index contributed by atoms with van der Waals surface area (Å²) in [4.78, 5) is 11.3. The van der Waals surface area contributed by atoms with Gasteiger partial charge in [0.25, 0.3) is 0 Å². The Morgan fingerprint density at radius 2 is 1.95 bits per heavy atom. The second-order valence-electron chi connectivity index (χ2n) is 6.09. The standard InChI is InChI=1S/C13H23NO4S/c1-8(2)19(17,18)6-5-14-12-10-4-3-9(7-10)11(12)13(15)16/h8-12,14H,3-7H2,1-2H3,(H,15,16). The third-order valence-electron chi connectivity index (χ3n) is 4.69. The average molecular weight is 289 g/mol. The maximum atomic E-state index is 11.7. The first kappa shape index (κ1) is 14.8. The van der Waals surface area contributed by atoms with Crippen LogP contribution in [-0.2, 0) is 14.6 Å². The number of carboxylic acids is 1. The fourth-order valence-electron chi connectivity index (χ4n) is 3.54. The molecule has 0 aliphatic heterocycles. The zero-order valence-electron chi connectivity index (χ0n) is 11.5. The van der Waals surface area contributed by atoms with E-state index in [0.29, 0.717) is 12.5 Å². The van der Waals surface area contributed by atoms with Gasteiger partial charge in [-0.15, -0.1) is 0 Å². The third kappa shape index (κ3) is 2.94. The van der Waals surface area contributed by atoms with Crippen LogP contribution in [0, 0.1) is 17.8 Å². The Kier molecular flexibility index (Phi) is 4.20. The molecule has 5 nitrogen and oxygen atoms in total. The van der Waals surface area contributed by atoms with Crippen LogP contribution in [0.5, 0.6) is 0 Å². The molecule has 2 N–H and O–H groups in total. The van der Waals surface area contributed by atoms with Gasteiger partial charge in [0.15, 0.2) is 9.84 Å². The van der Waals surface area contributed by atoms with Crippen LogP contribution in [0.1, 0.15) is 33.1 Å². The highest BCUT2D eigenvalue weighted by Gasteiger charge is 2.50. The van der Waals surface area contributed by atoms with Crippen LogP contribution in [-0.4, -0.2) is 43.1 Å². The Morgan fingerprint density at radius 1 is 1.32 bits per heavy atom. The van der Waals surface area contributed by atoms with E-state index in [4.69, 9.17) is 0 Å². The van der Waals surface area contributed by atoms with Crippen LogP contribution < -0.4 is 5.32 Å². The number of fused-ring (bicyclic) bond motifs is 2. The largest absolute Gasteiger partial charge is 0.481 e. The summed E-state index contributed by atoms with van der Waals surface area (Å²) >= 11 is 0. The molecule has 2 rings (SSSR count). The molecule has 0 spiro atoms. The van der Waals surface area contributed by atoms with Crippen molar-refractivity contribution >= 4 is 15.8 Å². The van der Waals surface area contributed by atoms with Gasteiger partial charge in [0.2, 0.25) is 0 Å². The lowest BCUT2D eigenvalue weighted by molar-refractivity contribution is -0.144. The van der Waals surface area contributed by atoms with Crippen LogP contribution in [0.3, 0.4) is 0 Å². The molecule has 2 saturated carbocycles. The zero-order chi connectivity index (χ0) is 14.2. The molecule has 6 heteroatoms. The fourth-order valence-corrected chi connectivity index (χ4v) is 4.42. The minimum atomic E-state index is -3.05. The molecule has 0 radical (unpaired) electrons. The summed E-state index contributed by atoms with van der Waals surface area (Å²) < 4.78 is 23.4. The Balaban J connectivity index is 1.91. The quantitative estimate of drug-likeness (QED) is 0.759. The van der Waals surface area contributed by atoms with E-state index in [1.165, 1.54) is 0 Å². The zero-order valence-corrected chi connectivity index (χ0v) is 12.3. The van der Waals surface area contributed by atoms with E-state index in [9.17, 15) is 18.3 Å². The van der Waals surface area contributed by atoms with E-state index in [2.05, 4.69) is 5.32 Å². The Hall–Kier alpha value is -0.620. The predicted octanol–water partition coefficient (Wildman–Crippen LogP) is 0.898. The maximum absolute atomic E-state index is 11.7. The van der Waals surface area contributed by atoms with Gasteiger partial charge in [-0.2, -0.15) is 0 Å². The number of hydrogen-bond donors (Lipinski definition) is 2. The van der Waals surface area contributed by atoms with Crippen molar-refractivity contribution in [2.45, 2.75) is 44.4 Å². The first-order valence-electron chi connectivity index (χ1n) is 7.00. The lowest BCUT2D eigenvalue weighted by atomic mass is 9.84. The van der Waals surface area contributed by atoms with Gasteiger partial charge in [-0.1, -0.05) is 0 Å². The molecule has 19 heavy (non-hydrogen) atoms. The number of aliphatic carboxylic acids is 1. The molecule has 0 heterocycles. The lowest BCUT2D eigenvalue weighted by Gasteiger charge is -2.29. The van der Waals surface area contributed by atoms with Crippen LogP contribution in [0.25, 0.3) is 0 Å². The van der Waals surface area contributed by atoms with Crippen LogP contribution >= 0.6 is 0 Å². The van der Waals surface area contributed by atoms with Gasteiger partial charge in [-0.05, 0) is 44.9 Å². The fraction of sp³-hybridized carbons (Fsp3) is 0.923. The molecule has 4 atom stereocenters. The van der Waals surface area contributed by atoms with Gasteiger partial charge in [0.05, 0.1) is 16.9 Å². The van der Waals surface area contributed by atoms with Crippen molar-refractivity contribution in [1.82, 2.24) is 5.32 Å². The van der Waals surface area contributed by atoms with Crippen LogP contribution in [0.15, 0.2) is 0 Å². The first-order valence-corrected chi connectivity index (χ1v) is 8.72. The highest BCUT2D eigenvalue weighted by atomic mass is 32.2. The Morgan fingerprint density at radius 3 is 2.53 bits per heavy atom. The summed E-state index contributed by atoms with van der Waals surface area (Å²) in [6.07, 6.45) is 3.05. The van der Waals surface area contributed by atoms with Gasteiger partial charge < -0.3 is 10.4 Å². The van der Waals surface area contributed by atoms with E-state index in [1.807, 2.05) is 0 Å². The van der Waals surface area contributed by atoms with E-state index >= 15 is 0 Å². The summed E-state index contributed by atoms with van der Waals surface area (Å²) in [5.41, 5.74) is 0. The average Bonchev–Trinajstić information content (AvgIpc) is 2.88. The molecule has 2 bridgehead atoms. The minimum absolute atomic E-state index is 0.0430. The predicted molar refractivity (Wildman–Crippen MR) is 72.7 cm³/mol. The van der Waals surface area contributed by atoms with Crippen molar-refractivity contribution in [2.24, 2.45) is 17.8 Å². The second-order valence-corrected chi connectivity index (χ2v) is 8.77. The number of carbonyl (C=O) groups is 1. The Labute approximate surface area is 114 Å². The second kappa shape index (κ2) is 5.40. The number of nitrogens with one attached hydrogen (secondary N) is 1. The van der Waals surface area contributed by atoms with E-state index < -0.39 is 15.8 Å². The van der Waals surface area contributed by atoms with Crippen molar-refractivity contribution in [3.8, 4) is 0 Å². The van der Waals surface area contributed by atoms with E-state index in [-0.39, 0.29) is 28.9 Å². The van der Waals surface area contributed by atoms with Gasteiger partial charge in [0.1, 0.15) is 0 Å². The highest BCUT2D eigenvalue weighted by Crippen LogP contribution is 2.48.